The van der Waals surface area contributed by atoms with Gasteiger partial charge in [-0.15, -0.1) is 0 Å². The summed E-state index contributed by atoms with van der Waals surface area (Å²) in [5, 5.41) is 9.26. The SMILES string of the molecule is CCC(C)(CN(C)Cc1ccc(OC)c(F)c1)C(=O)O. The molecule has 20 heavy (non-hydrogen) atoms. The molecule has 1 unspecified atom stereocenters. The zero-order valence-electron chi connectivity index (χ0n) is 12.4. The van der Waals surface area contributed by atoms with Crippen LogP contribution >= 0.6 is 0 Å². The Labute approximate surface area is 119 Å². The predicted molar refractivity (Wildman–Crippen MR) is 75.3 cm³/mol. The fourth-order valence-electron chi connectivity index (χ4n) is 2.10. The Morgan fingerprint density at radius 2 is 2.15 bits per heavy atom. The van der Waals surface area contributed by atoms with Crippen LogP contribution in [-0.4, -0.2) is 36.7 Å². The quantitative estimate of drug-likeness (QED) is 0.836. The number of benzene rings is 1. The fourth-order valence-corrected chi connectivity index (χ4v) is 2.10. The van der Waals surface area contributed by atoms with Crippen molar-refractivity contribution in [3.8, 4) is 5.75 Å². The topological polar surface area (TPSA) is 49.8 Å². The van der Waals surface area contributed by atoms with E-state index in [1.54, 1.807) is 19.1 Å². The summed E-state index contributed by atoms with van der Waals surface area (Å²) in [6, 6.07) is 4.77. The number of carboxylic acid groups (broad SMARTS) is 1. The van der Waals surface area contributed by atoms with E-state index in [4.69, 9.17) is 4.74 Å². The average molecular weight is 283 g/mol. The summed E-state index contributed by atoms with van der Waals surface area (Å²) in [5.74, 6) is -1.01. The first-order valence-corrected chi connectivity index (χ1v) is 6.56. The monoisotopic (exact) mass is 283 g/mol. The van der Waals surface area contributed by atoms with Gasteiger partial charge >= 0.3 is 5.97 Å². The molecule has 5 heteroatoms. The van der Waals surface area contributed by atoms with Crippen LogP contribution in [-0.2, 0) is 11.3 Å². The Morgan fingerprint density at radius 1 is 1.50 bits per heavy atom. The van der Waals surface area contributed by atoms with E-state index < -0.39 is 17.2 Å². The molecule has 0 saturated carbocycles. The zero-order valence-corrected chi connectivity index (χ0v) is 12.4. The number of methoxy groups -OCH3 is 1. The Bertz CT molecular complexity index is 478. The summed E-state index contributed by atoms with van der Waals surface area (Å²) in [4.78, 5) is 13.2. The second-order valence-corrected chi connectivity index (χ2v) is 5.36. The number of carbonyl (C=O) groups is 1. The Balaban J connectivity index is 2.73. The molecule has 0 aliphatic rings. The lowest BCUT2D eigenvalue weighted by molar-refractivity contribution is -0.149. The van der Waals surface area contributed by atoms with Crippen molar-refractivity contribution in [3.05, 3.63) is 29.6 Å². The number of aliphatic carboxylic acids is 1. The first-order chi connectivity index (χ1) is 9.32. The first kappa shape index (κ1) is 16.4. The molecule has 0 bridgehead atoms. The summed E-state index contributed by atoms with van der Waals surface area (Å²) >= 11 is 0. The van der Waals surface area contributed by atoms with Crippen LogP contribution in [0.1, 0.15) is 25.8 Å². The van der Waals surface area contributed by atoms with Crippen LogP contribution in [0.2, 0.25) is 0 Å². The smallest absolute Gasteiger partial charge is 0.310 e. The molecule has 1 aromatic carbocycles. The number of ether oxygens (including phenoxy) is 1. The molecule has 0 saturated heterocycles. The first-order valence-electron chi connectivity index (χ1n) is 6.56. The van der Waals surface area contributed by atoms with Crippen LogP contribution in [0.3, 0.4) is 0 Å². The predicted octanol–water partition coefficient (Wildman–Crippen LogP) is 2.77. The van der Waals surface area contributed by atoms with Crippen LogP contribution in [0.15, 0.2) is 18.2 Å². The largest absolute Gasteiger partial charge is 0.494 e. The molecule has 1 aromatic rings. The van der Waals surface area contributed by atoms with Gasteiger partial charge in [-0.3, -0.25) is 4.79 Å². The highest BCUT2D eigenvalue weighted by Gasteiger charge is 2.32. The number of halogens is 1. The van der Waals surface area contributed by atoms with E-state index in [1.807, 2.05) is 18.9 Å². The van der Waals surface area contributed by atoms with E-state index in [0.29, 0.717) is 19.5 Å². The molecular weight excluding hydrogens is 261 g/mol. The van der Waals surface area contributed by atoms with Crippen molar-refractivity contribution in [2.45, 2.75) is 26.8 Å². The van der Waals surface area contributed by atoms with Gasteiger partial charge in [0.15, 0.2) is 11.6 Å². The standard InChI is InChI=1S/C15H22FNO3/c1-5-15(2,14(18)19)10-17(3)9-11-6-7-13(20-4)12(16)8-11/h6-8H,5,9-10H2,1-4H3,(H,18,19). The second-order valence-electron chi connectivity index (χ2n) is 5.36. The molecular formula is C15H22FNO3. The van der Waals surface area contributed by atoms with Crippen LogP contribution in [0, 0.1) is 11.2 Å². The van der Waals surface area contributed by atoms with E-state index >= 15 is 0 Å². The van der Waals surface area contributed by atoms with Crippen molar-refractivity contribution in [3.63, 3.8) is 0 Å². The minimum atomic E-state index is -0.812. The molecule has 0 heterocycles. The molecule has 0 fully saturated rings. The lowest BCUT2D eigenvalue weighted by Crippen LogP contribution is -2.38. The maximum atomic E-state index is 13.6. The Kier molecular flexibility index (Phi) is 5.51. The van der Waals surface area contributed by atoms with E-state index in [0.717, 1.165) is 5.56 Å². The maximum absolute atomic E-state index is 13.6. The number of hydrogen-bond acceptors (Lipinski definition) is 3. The molecule has 1 atom stereocenters. The Morgan fingerprint density at radius 3 is 2.60 bits per heavy atom. The third-order valence-electron chi connectivity index (χ3n) is 3.58. The van der Waals surface area contributed by atoms with Crippen molar-refractivity contribution in [2.75, 3.05) is 20.7 Å². The van der Waals surface area contributed by atoms with Gasteiger partial charge in [-0.05, 0) is 38.1 Å². The number of carboxylic acids is 1. The third kappa shape index (κ3) is 3.93. The normalized spacial score (nSPS) is 14.1. The van der Waals surface area contributed by atoms with Gasteiger partial charge in [-0.1, -0.05) is 13.0 Å². The minimum absolute atomic E-state index is 0.209. The van der Waals surface area contributed by atoms with Gasteiger partial charge < -0.3 is 14.7 Å². The summed E-state index contributed by atoms with van der Waals surface area (Å²) in [6.07, 6.45) is 0.545. The highest BCUT2D eigenvalue weighted by molar-refractivity contribution is 5.74. The van der Waals surface area contributed by atoms with E-state index in [1.165, 1.54) is 13.2 Å². The minimum Gasteiger partial charge on any atom is -0.494 e. The summed E-state index contributed by atoms with van der Waals surface area (Å²) in [6.45, 7) is 4.48. The molecule has 1 N–H and O–H groups in total. The summed E-state index contributed by atoms with van der Waals surface area (Å²) in [5.41, 5.74) is -0.00519. The number of nitrogens with zero attached hydrogens (tertiary/aromatic N) is 1. The van der Waals surface area contributed by atoms with Gasteiger partial charge in [-0.2, -0.15) is 0 Å². The van der Waals surface area contributed by atoms with Crippen molar-refractivity contribution in [1.29, 1.82) is 0 Å². The van der Waals surface area contributed by atoms with E-state index in [2.05, 4.69) is 0 Å². The van der Waals surface area contributed by atoms with Gasteiger partial charge in [0, 0.05) is 13.1 Å². The van der Waals surface area contributed by atoms with E-state index in [-0.39, 0.29) is 5.75 Å². The fraction of sp³-hybridized carbons (Fsp3) is 0.533. The second kappa shape index (κ2) is 6.70. The Hall–Kier alpha value is -1.62. The van der Waals surface area contributed by atoms with Crippen LogP contribution in [0.25, 0.3) is 0 Å². The zero-order chi connectivity index (χ0) is 15.3. The summed E-state index contributed by atoms with van der Waals surface area (Å²) < 4.78 is 18.5. The lowest BCUT2D eigenvalue weighted by atomic mass is 9.87. The number of hydrogen-bond donors (Lipinski definition) is 1. The van der Waals surface area contributed by atoms with E-state index in [9.17, 15) is 14.3 Å². The molecule has 0 radical (unpaired) electrons. The van der Waals surface area contributed by atoms with Crippen molar-refractivity contribution in [2.24, 2.45) is 5.41 Å². The molecule has 0 aliphatic carbocycles. The van der Waals surface area contributed by atoms with Crippen molar-refractivity contribution in [1.82, 2.24) is 4.90 Å². The average Bonchev–Trinajstić information content (AvgIpc) is 2.38. The number of rotatable bonds is 7. The van der Waals surface area contributed by atoms with Crippen molar-refractivity contribution >= 4 is 5.97 Å². The lowest BCUT2D eigenvalue weighted by Gasteiger charge is -2.29. The van der Waals surface area contributed by atoms with Crippen LogP contribution in [0.5, 0.6) is 5.75 Å². The molecule has 0 aromatic heterocycles. The molecule has 0 aliphatic heterocycles. The maximum Gasteiger partial charge on any atom is 0.310 e. The summed E-state index contributed by atoms with van der Waals surface area (Å²) in [7, 11) is 3.25. The van der Waals surface area contributed by atoms with Crippen LogP contribution in [0.4, 0.5) is 4.39 Å². The highest BCUT2D eigenvalue weighted by atomic mass is 19.1. The molecule has 0 spiro atoms. The molecule has 0 amide bonds. The van der Waals surface area contributed by atoms with Crippen molar-refractivity contribution < 1.29 is 19.0 Å². The van der Waals surface area contributed by atoms with Crippen LogP contribution < -0.4 is 4.74 Å². The van der Waals surface area contributed by atoms with Gasteiger partial charge in [0.05, 0.1) is 12.5 Å². The van der Waals surface area contributed by atoms with Gasteiger partial charge in [0.1, 0.15) is 0 Å². The van der Waals surface area contributed by atoms with Gasteiger partial charge in [0.25, 0.3) is 0 Å². The highest BCUT2D eigenvalue weighted by Crippen LogP contribution is 2.24. The molecule has 4 nitrogen and oxygen atoms in total. The van der Waals surface area contributed by atoms with Gasteiger partial charge in [0.2, 0.25) is 0 Å². The third-order valence-corrected chi connectivity index (χ3v) is 3.58. The molecule has 1 rings (SSSR count). The van der Waals surface area contributed by atoms with Gasteiger partial charge in [-0.25, -0.2) is 4.39 Å². The molecule has 112 valence electrons.